The lowest BCUT2D eigenvalue weighted by Gasteiger charge is -2.05. The summed E-state index contributed by atoms with van der Waals surface area (Å²) < 4.78 is 31.7. The van der Waals surface area contributed by atoms with Crippen molar-refractivity contribution in [1.29, 1.82) is 0 Å². The van der Waals surface area contributed by atoms with E-state index >= 15 is 0 Å². The molecule has 1 N–H and O–H groups in total. The van der Waals surface area contributed by atoms with E-state index in [9.17, 15) is 13.6 Å². The molecule has 1 heterocycles. The minimum atomic E-state index is -0.855. The summed E-state index contributed by atoms with van der Waals surface area (Å²) in [5, 5.41) is 9.56. The second-order valence-corrected chi connectivity index (χ2v) is 4.34. The molecular weight excluding hydrogens is 324 g/mol. The molecular formula is C11H8BrF2N3O2. The molecule has 0 spiro atoms. The van der Waals surface area contributed by atoms with Gasteiger partial charge in [0.1, 0.15) is 17.3 Å². The van der Waals surface area contributed by atoms with Crippen LogP contribution in [0.15, 0.2) is 16.6 Å². The predicted octanol–water partition coefficient (Wildman–Crippen LogP) is 2.69. The number of aromatic nitrogens is 3. The molecule has 0 bridgehead atoms. The first-order valence-electron chi connectivity index (χ1n) is 5.27. The van der Waals surface area contributed by atoms with Crippen molar-refractivity contribution in [2.45, 2.75) is 6.92 Å². The number of ether oxygens (including phenoxy) is 1. The first kappa shape index (κ1) is 13.6. The van der Waals surface area contributed by atoms with E-state index in [1.165, 1.54) is 0 Å². The van der Waals surface area contributed by atoms with E-state index in [0.29, 0.717) is 6.07 Å². The highest BCUT2D eigenvalue weighted by Crippen LogP contribution is 2.32. The average Bonchev–Trinajstić information content (AvgIpc) is 2.77. The zero-order valence-corrected chi connectivity index (χ0v) is 11.3. The number of carbonyl (C=O) groups is 1. The van der Waals surface area contributed by atoms with Gasteiger partial charge in [-0.15, -0.1) is 5.10 Å². The molecule has 19 heavy (non-hydrogen) atoms. The van der Waals surface area contributed by atoms with Crippen LogP contribution in [-0.4, -0.2) is 28.0 Å². The zero-order valence-electron chi connectivity index (χ0n) is 9.71. The lowest BCUT2D eigenvalue weighted by atomic mass is 10.1. The maximum absolute atomic E-state index is 13.8. The van der Waals surface area contributed by atoms with E-state index in [1.54, 1.807) is 6.92 Å². The first-order chi connectivity index (χ1) is 9.04. The number of nitrogens with zero attached hydrogens (tertiary/aromatic N) is 2. The van der Waals surface area contributed by atoms with Gasteiger partial charge < -0.3 is 4.74 Å². The molecule has 1 aromatic heterocycles. The zero-order chi connectivity index (χ0) is 14.0. The molecule has 0 aliphatic heterocycles. The standard InChI is InChI=1S/C11H8BrF2N3O2/c1-2-19-11(18)10-9(15-17-16-10)8-6(12)3-5(13)4-7(8)14/h3-4H,2H2,1H3,(H,15,16,17). The molecule has 100 valence electrons. The molecule has 0 unspecified atom stereocenters. The van der Waals surface area contributed by atoms with Crippen LogP contribution in [0.5, 0.6) is 0 Å². The number of hydrogen-bond donors (Lipinski definition) is 1. The minimum Gasteiger partial charge on any atom is -0.461 e. The molecule has 2 rings (SSSR count). The van der Waals surface area contributed by atoms with Gasteiger partial charge in [0.05, 0.1) is 12.2 Å². The highest BCUT2D eigenvalue weighted by Gasteiger charge is 2.23. The number of aromatic amines is 1. The van der Waals surface area contributed by atoms with Gasteiger partial charge in [-0.05, 0) is 28.9 Å². The Morgan fingerprint density at radius 3 is 2.79 bits per heavy atom. The lowest BCUT2D eigenvalue weighted by molar-refractivity contribution is 0.0520. The SMILES string of the molecule is CCOC(=O)c1n[nH]nc1-c1c(F)cc(F)cc1Br. The van der Waals surface area contributed by atoms with Gasteiger partial charge in [-0.2, -0.15) is 10.3 Å². The molecule has 0 amide bonds. The Labute approximate surface area is 115 Å². The van der Waals surface area contributed by atoms with E-state index in [2.05, 4.69) is 31.3 Å². The van der Waals surface area contributed by atoms with Crippen molar-refractivity contribution in [2.75, 3.05) is 6.61 Å². The van der Waals surface area contributed by atoms with Crippen LogP contribution in [-0.2, 0) is 4.74 Å². The van der Waals surface area contributed by atoms with Crippen molar-refractivity contribution in [2.24, 2.45) is 0 Å². The summed E-state index contributed by atoms with van der Waals surface area (Å²) in [5.41, 5.74) is -0.255. The van der Waals surface area contributed by atoms with Crippen LogP contribution in [0.2, 0.25) is 0 Å². The van der Waals surface area contributed by atoms with Gasteiger partial charge in [0.25, 0.3) is 0 Å². The molecule has 0 fully saturated rings. The van der Waals surface area contributed by atoms with Crippen LogP contribution >= 0.6 is 15.9 Å². The Kier molecular flexibility index (Phi) is 3.89. The molecule has 0 saturated carbocycles. The summed E-state index contributed by atoms with van der Waals surface area (Å²) >= 11 is 3.03. The van der Waals surface area contributed by atoms with Crippen molar-refractivity contribution >= 4 is 21.9 Å². The summed E-state index contributed by atoms with van der Waals surface area (Å²) in [4.78, 5) is 11.6. The van der Waals surface area contributed by atoms with Crippen molar-refractivity contribution in [3.05, 3.63) is 33.9 Å². The maximum atomic E-state index is 13.8. The number of carbonyl (C=O) groups excluding carboxylic acids is 1. The molecule has 0 atom stereocenters. The van der Waals surface area contributed by atoms with Crippen molar-refractivity contribution in [3.63, 3.8) is 0 Å². The normalized spacial score (nSPS) is 10.5. The fraction of sp³-hybridized carbons (Fsp3) is 0.182. The Balaban J connectivity index is 2.55. The predicted molar refractivity (Wildman–Crippen MR) is 65.4 cm³/mol. The molecule has 8 heteroatoms. The molecule has 1 aromatic carbocycles. The van der Waals surface area contributed by atoms with Crippen LogP contribution in [0.25, 0.3) is 11.3 Å². The average molecular weight is 332 g/mol. The highest BCUT2D eigenvalue weighted by molar-refractivity contribution is 9.10. The largest absolute Gasteiger partial charge is 0.461 e. The van der Waals surface area contributed by atoms with E-state index in [1.807, 2.05) is 0 Å². The maximum Gasteiger partial charge on any atom is 0.361 e. The Hall–Kier alpha value is -1.83. The summed E-state index contributed by atoms with van der Waals surface area (Å²) in [6, 6.07) is 1.77. The lowest BCUT2D eigenvalue weighted by Crippen LogP contribution is -2.07. The number of benzene rings is 1. The number of esters is 1. The second kappa shape index (κ2) is 5.43. The van der Waals surface area contributed by atoms with Crippen LogP contribution in [0.4, 0.5) is 8.78 Å². The number of nitrogens with one attached hydrogen (secondary N) is 1. The van der Waals surface area contributed by atoms with E-state index in [4.69, 9.17) is 4.74 Å². The molecule has 2 aromatic rings. The summed E-state index contributed by atoms with van der Waals surface area (Å²) in [7, 11) is 0. The number of hydrogen-bond acceptors (Lipinski definition) is 4. The Bertz CT molecular complexity index is 607. The third-order valence-corrected chi connectivity index (χ3v) is 2.89. The third kappa shape index (κ3) is 2.62. The molecule has 0 radical (unpaired) electrons. The number of halogens is 3. The molecule has 5 nitrogen and oxygen atoms in total. The monoisotopic (exact) mass is 331 g/mol. The molecule has 0 aliphatic rings. The van der Waals surface area contributed by atoms with Gasteiger partial charge in [0.15, 0.2) is 5.69 Å². The fourth-order valence-electron chi connectivity index (χ4n) is 1.52. The van der Waals surface area contributed by atoms with Gasteiger partial charge >= 0.3 is 5.97 Å². The van der Waals surface area contributed by atoms with E-state index in [-0.39, 0.29) is 28.0 Å². The van der Waals surface area contributed by atoms with Crippen molar-refractivity contribution in [3.8, 4) is 11.3 Å². The smallest absolute Gasteiger partial charge is 0.361 e. The topological polar surface area (TPSA) is 67.9 Å². The van der Waals surface area contributed by atoms with Gasteiger partial charge in [0, 0.05) is 10.5 Å². The second-order valence-electron chi connectivity index (χ2n) is 3.49. The first-order valence-corrected chi connectivity index (χ1v) is 6.06. The van der Waals surface area contributed by atoms with E-state index in [0.717, 1.165) is 6.07 Å². The van der Waals surface area contributed by atoms with Crippen LogP contribution < -0.4 is 0 Å². The third-order valence-electron chi connectivity index (χ3n) is 2.26. The summed E-state index contributed by atoms with van der Waals surface area (Å²) in [6.45, 7) is 1.78. The van der Waals surface area contributed by atoms with Gasteiger partial charge in [-0.3, -0.25) is 0 Å². The van der Waals surface area contributed by atoms with Gasteiger partial charge in [-0.1, -0.05) is 0 Å². The number of rotatable bonds is 3. The quantitative estimate of drug-likeness (QED) is 0.878. The van der Waals surface area contributed by atoms with Crippen molar-refractivity contribution in [1.82, 2.24) is 15.4 Å². The minimum absolute atomic E-state index is 0.0391. The highest BCUT2D eigenvalue weighted by atomic mass is 79.9. The van der Waals surface area contributed by atoms with Crippen molar-refractivity contribution < 1.29 is 18.3 Å². The molecule has 0 saturated heterocycles. The van der Waals surface area contributed by atoms with Crippen LogP contribution in [0.3, 0.4) is 0 Å². The Morgan fingerprint density at radius 1 is 1.42 bits per heavy atom. The van der Waals surface area contributed by atoms with Crippen LogP contribution in [0, 0.1) is 11.6 Å². The molecule has 0 aliphatic carbocycles. The van der Waals surface area contributed by atoms with Gasteiger partial charge in [-0.25, -0.2) is 13.6 Å². The van der Waals surface area contributed by atoms with Gasteiger partial charge in [0.2, 0.25) is 0 Å². The van der Waals surface area contributed by atoms with Crippen LogP contribution in [0.1, 0.15) is 17.4 Å². The summed E-state index contributed by atoms with van der Waals surface area (Å²) in [6.07, 6.45) is 0. The van der Waals surface area contributed by atoms with E-state index < -0.39 is 17.6 Å². The number of H-pyrrole nitrogens is 1. The summed E-state index contributed by atoms with van der Waals surface area (Å²) in [5.74, 6) is -2.33. The fourth-order valence-corrected chi connectivity index (χ4v) is 2.11. The Morgan fingerprint density at radius 2 is 2.16 bits per heavy atom.